The molecule has 0 bridgehead atoms. The summed E-state index contributed by atoms with van der Waals surface area (Å²) in [5.74, 6) is 0.407. The second-order valence-corrected chi connectivity index (χ2v) is 4.09. The maximum absolute atomic E-state index is 11.5. The van der Waals surface area contributed by atoms with Gasteiger partial charge in [0, 0.05) is 6.07 Å². The number of nitrogen functional groups attached to an aromatic ring is 1. The van der Waals surface area contributed by atoms with Gasteiger partial charge in [-0.3, -0.25) is 0 Å². The predicted octanol–water partition coefficient (Wildman–Crippen LogP) is 2.27. The fraction of sp³-hybridized carbons (Fsp3) is 0.538. The molecule has 2 N–H and O–H groups in total. The van der Waals surface area contributed by atoms with Gasteiger partial charge in [-0.2, -0.15) is 0 Å². The van der Waals surface area contributed by atoms with Crippen molar-refractivity contribution in [2.75, 3.05) is 19.5 Å². The first-order valence-electron chi connectivity index (χ1n) is 6.08. The van der Waals surface area contributed by atoms with Crippen LogP contribution in [0.1, 0.15) is 37.0 Å². The van der Waals surface area contributed by atoms with E-state index in [1.54, 1.807) is 0 Å². The fourth-order valence-corrected chi connectivity index (χ4v) is 1.54. The molecule has 5 heteroatoms. The monoisotopic (exact) mass is 252 g/mol. The van der Waals surface area contributed by atoms with Gasteiger partial charge in [-0.25, -0.2) is 9.78 Å². The van der Waals surface area contributed by atoms with Crippen LogP contribution < -0.4 is 10.5 Å². The molecule has 1 rings (SSSR count). The van der Waals surface area contributed by atoms with Gasteiger partial charge in [0.15, 0.2) is 0 Å². The van der Waals surface area contributed by atoms with Crippen LogP contribution in [0, 0.1) is 5.92 Å². The van der Waals surface area contributed by atoms with Gasteiger partial charge in [0.05, 0.1) is 31.2 Å². The number of ether oxygens (including phenoxy) is 2. The van der Waals surface area contributed by atoms with Crippen molar-refractivity contribution in [3.05, 3.63) is 17.8 Å². The van der Waals surface area contributed by atoms with Gasteiger partial charge >= 0.3 is 5.97 Å². The van der Waals surface area contributed by atoms with Crippen molar-refractivity contribution in [2.24, 2.45) is 5.92 Å². The van der Waals surface area contributed by atoms with Crippen molar-refractivity contribution >= 4 is 11.7 Å². The molecule has 1 aromatic heterocycles. The normalized spacial score (nSPS) is 10.4. The topological polar surface area (TPSA) is 74.4 Å². The van der Waals surface area contributed by atoms with Crippen LogP contribution in [-0.4, -0.2) is 24.7 Å². The van der Waals surface area contributed by atoms with E-state index in [2.05, 4.69) is 23.6 Å². The number of anilines is 1. The molecule has 0 saturated carbocycles. The lowest BCUT2D eigenvalue weighted by molar-refractivity contribution is 0.0601. The molecule has 0 unspecified atom stereocenters. The van der Waals surface area contributed by atoms with Crippen LogP contribution in [0.4, 0.5) is 5.69 Å². The molecule has 1 heterocycles. The Bertz CT molecular complexity index is 403. The Morgan fingerprint density at radius 2 is 2.11 bits per heavy atom. The van der Waals surface area contributed by atoms with Gasteiger partial charge in [0.1, 0.15) is 0 Å². The van der Waals surface area contributed by atoms with Crippen molar-refractivity contribution in [1.29, 1.82) is 0 Å². The lowest BCUT2D eigenvalue weighted by atomic mass is 10.1. The lowest BCUT2D eigenvalue weighted by Gasteiger charge is -2.13. The Labute approximate surface area is 107 Å². The molecule has 0 amide bonds. The number of pyridine rings is 1. The van der Waals surface area contributed by atoms with E-state index in [1.807, 2.05) is 0 Å². The summed E-state index contributed by atoms with van der Waals surface area (Å²) in [5, 5.41) is 0. The van der Waals surface area contributed by atoms with Gasteiger partial charge in [-0.05, 0) is 5.92 Å². The summed E-state index contributed by atoms with van der Waals surface area (Å²) in [6.45, 7) is 4.83. The summed E-state index contributed by atoms with van der Waals surface area (Å²) in [6.07, 6.45) is 3.51. The Morgan fingerprint density at radius 1 is 1.44 bits per heavy atom. The zero-order valence-electron chi connectivity index (χ0n) is 11.1. The van der Waals surface area contributed by atoms with Crippen LogP contribution in [0.5, 0.6) is 5.88 Å². The van der Waals surface area contributed by atoms with Gasteiger partial charge < -0.3 is 15.2 Å². The lowest BCUT2D eigenvalue weighted by Crippen LogP contribution is -2.12. The third-order valence-corrected chi connectivity index (χ3v) is 2.94. The van der Waals surface area contributed by atoms with Gasteiger partial charge in [0.25, 0.3) is 0 Å². The molecule has 0 aromatic carbocycles. The minimum absolute atomic E-state index is 0.284. The first kappa shape index (κ1) is 14.3. The molecule has 0 spiro atoms. The second-order valence-electron chi connectivity index (χ2n) is 4.09. The quantitative estimate of drug-likeness (QED) is 0.786. The number of carbonyl (C=O) groups is 1. The standard InChI is InChI=1S/C13H20N2O3/c1-4-9(5-2)8-18-12-6-10(13(16)17-3)11(14)7-15-12/h6-7,9H,4-5,8,14H2,1-3H3. The van der Waals surface area contributed by atoms with Crippen LogP contribution in [0.25, 0.3) is 0 Å². The summed E-state index contributed by atoms with van der Waals surface area (Å²) in [7, 11) is 1.31. The molecule has 0 aliphatic heterocycles. The fourth-order valence-electron chi connectivity index (χ4n) is 1.54. The van der Waals surface area contributed by atoms with E-state index in [0.717, 1.165) is 12.8 Å². The third-order valence-electron chi connectivity index (χ3n) is 2.94. The van der Waals surface area contributed by atoms with Gasteiger partial charge in [0.2, 0.25) is 5.88 Å². The Kier molecular flexibility index (Phi) is 5.42. The van der Waals surface area contributed by atoms with Crippen LogP contribution >= 0.6 is 0 Å². The van der Waals surface area contributed by atoms with E-state index in [4.69, 9.17) is 10.5 Å². The zero-order chi connectivity index (χ0) is 13.5. The second kappa shape index (κ2) is 6.83. The van der Waals surface area contributed by atoms with E-state index in [1.165, 1.54) is 19.4 Å². The molecule has 0 fully saturated rings. The molecule has 5 nitrogen and oxygen atoms in total. The number of hydrogen-bond acceptors (Lipinski definition) is 5. The Balaban J connectivity index is 2.76. The maximum atomic E-state index is 11.5. The summed E-state index contributed by atoms with van der Waals surface area (Å²) in [4.78, 5) is 15.5. The molecule has 100 valence electrons. The predicted molar refractivity (Wildman–Crippen MR) is 69.6 cm³/mol. The number of carbonyl (C=O) groups excluding carboxylic acids is 1. The first-order chi connectivity index (χ1) is 8.62. The smallest absolute Gasteiger partial charge is 0.340 e. The SMILES string of the molecule is CCC(CC)COc1cc(C(=O)OC)c(N)cn1. The van der Waals surface area contributed by atoms with Crippen molar-refractivity contribution in [3.63, 3.8) is 0 Å². The zero-order valence-corrected chi connectivity index (χ0v) is 11.1. The molecule has 1 aromatic rings. The molecular formula is C13H20N2O3. The number of nitrogens with zero attached hydrogens (tertiary/aromatic N) is 1. The minimum Gasteiger partial charge on any atom is -0.477 e. The van der Waals surface area contributed by atoms with Crippen molar-refractivity contribution in [3.8, 4) is 5.88 Å². The number of methoxy groups -OCH3 is 1. The van der Waals surface area contributed by atoms with E-state index in [0.29, 0.717) is 18.4 Å². The highest BCUT2D eigenvalue weighted by molar-refractivity contribution is 5.95. The Hall–Kier alpha value is -1.78. The van der Waals surface area contributed by atoms with Crippen LogP contribution in [0.3, 0.4) is 0 Å². The average molecular weight is 252 g/mol. The van der Waals surface area contributed by atoms with E-state index < -0.39 is 5.97 Å². The molecule has 0 aliphatic rings. The highest BCUT2D eigenvalue weighted by Gasteiger charge is 2.13. The van der Waals surface area contributed by atoms with Crippen LogP contribution in [0.15, 0.2) is 12.3 Å². The molecular weight excluding hydrogens is 232 g/mol. The first-order valence-corrected chi connectivity index (χ1v) is 6.08. The van der Waals surface area contributed by atoms with E-state index in [-0.39, 0.29) is 11.3 Å². The summed E-state index contributed by atoms with van der Waals surface area (Å²) in [6, 6.07) is 1.52. The summed E-state index contributed by atoms with van der Waals surface area (Å²) >= 11 is 0. The van der Waals surface area contributed by atoms with Crippen LogP contribution in [0.2, 0.25) is 0 Å². The number of hydrogen-bond donors (Lipinski definition) is 1. The van der Waals surface area contributed by atoms with E-state index in [9.17, 15) is 4.79 Å². The summed E-state index contributed by atoms with van der Waals surface area (Å²) < 4.78 is 10.2. The number of nitrogens with two attached hydrogens (primary N) is 1. The highest BCUT2D eigenvalue weighted by atomic mass is 16.5. The molecule has 0 radical (unpaired) electrons. The largest absolute Gasteiger partial charge is 0.477 e. The molecule has 0 aliphatic carbocycles. The van der Waals surface area contributed by atoms with Crippen molar-refractivity contribution < 1.29 is 14.3 Å². The molecule has 0 saturated heterocycles. The number of esters is 1. The van der Waals surface area contributed by atoms with Crippen molar-refractivity contribution in [1.82, 2.24) is 4.98 Å². The molecule has 0 atom stereocenters. The Morgan fingerprint density at radius 3 is 2.67 bits per heavy atom. The van der Waals surface area contributed by atoms with Crippen LogP contribution in [-0.2, 0) is 4.74 Å². The van der Waals surface area contributed by atoms with Gasteiger partial charge in [-0.1, -0.05) is 26.7 Å². The summed E-state index contributed by atoms with van der Waals surface area (Å²) in [5.41, 5.74) is 6.23. The van der Waals surface area contributed by atoms with E-state index >= 15 is 0 Å². The molecule has 18 heavy (non-hydrogen) atoms. The highest BCUT2D eigenvalue weighted by Crippen LogP contribution is 2.18. The maximum Gasteiger partial charge on any atom is 0.340 e. The van der Waals surface area contributed by atoms with Gasteiger partial charge in [-0.15, -0.1) is 0 Å². The number of aromatic nitrogens is 1. The third kappa shape index (κ3) is 3.61. The van der Waals surface area contributed by atoms with Crippen molar-refractivity contribution in [2.45, 2.75) is 26.7 Å². The minimum atomic E-state index is -0.484. The number of rotatable bonds is 6. The average Bonchev–Trinajstić information content (AvgIpc) is 2.40.